The van der Waals surface area contributed by atoms with Crippen LogP contribution in [0.3, 0.4) is 0 Å². The Labute approximate surface area is 128 Å². The lowest BCUT2D eigenvalue weighted by atomic mass is 10.3. The molecule has 1 aromatic rings. The average molecular weight is 328 g/mol. The van der Waals surface area contributed by atoms with E-state index in [1.165, 1.54) is 27.9 Å². The SMILES string of the molecule is COC(=O)c1sccc1NC=C(C#N)S(=O)(=O)C(C)(C)C. The van der Waals surface area contributed by atoms with Crippen LogP contribution in [0.4, 0.5) is 5.69 Å². The van der Waals surface area contributed by atoms with Gasteiger partial charge in [-0.3, -0.25) is 0 Å². The predicted octanol–water partition coefficient (Wildman–Crippen LogP) is 2.52. The number of hydrogen-bond donors (Lipinski definition) is 1. The fraction of sp³-hybridized carbons (Fsp3) is 0.385. The number of carbonyl (C=O) groups excluding carboxylic acids is 1. The van der Waals surface area contributed by atoms with Crippen LogP contribution in [0.15, 0.2) is 22.6 Å². The van der Waals surface area contributed by atoms with Crippen molar-refractivity contribution in [1.29, 1.82) is 5.26 Å². The Balaban J connectivity index is 3.13. The van der Waals surface area contributed by atoms with Gasteiger partial charge in [0.05, 0.1) is 17.5 Å². The summed E-state index contributed by atoms with van der Waals surface area (Å²) >= 11 is 1.16. The number of nitrogens with one attached hydrogen (secondary N) is 1. The Bertz CT molecular complexity index is 703. The number of nitrogens with zero attached hydrogens (tertiary/aromatic N) is 1. The van der Waals surface area contributed by atoms with Gasteiger partial charge in [-0.1, -0.05) is 0 Å². The maximum Gasteiger partial charge on any atom is 0.350 e. The quantitative estimate of drug-likeness (QED) is 0.674. The number of hydrogen-bond acceptors (Lipinski definition) is 7. The van der Waals surface area contributed by atoms with Crippen molar-refractivity contribution in [1.82, 2.24) is 0 Å². The fourth-order valence-electron chi connectivity index (χ4n) is 1.32. The molecule has 1 heterocycles. The number of rotatable bonds is 4. The highest BCUT2D eigenvalue weighted by atomic mass is 32.2. The monoisotopic (exact) mass is 328 g/mol. The van der Waals surface area contributed by atoms with Gasteiger partial charge in [0.25, 0.3) is 0 Å². The van der Waals surface area contributed by atoms with Crippen molar-refractivity contribution < 1.29 is 17.9 Å². The van der Waals surface area contributed by atoms with Crippen LogP contribution >= 0.6 is 11.3 Å². The van der Waals surface area contributed by atoms with Crippen molar-refractivity contribution in [3.63, 3.8) is 0 Å². The summed E-state index contributed by atoms with van der Waals surface area (Å²) in [6.07, 6.45) is 1.09. The van der Waals surface area contributed by atoms with E-state index < -0.39 is 25.5 Å². The zero-order valence-corrected chi connectivity index (χ0v) is 13.8. The Morgan fingerprint density at radius 1 is 1.48 bits per heavy atom. The van der Waals surface area contributed by atoms with E-state index in [2.05, 4.69) is 10.1 Å². The summed E-state index contributed by atoms with van der Waals surface area (Å²) in [5, 5.41) is 13.4. The molecule has 1 rings (SSSR count). The summed E-state index contributed by atoms with van der Waals surface area (Å²) in [4.78, 5) is 11.4. The van der Waals surface area contributed by atoms with E-state index in [4.69, 9.17) is 5.26 Å². The van der Waals surface area contributed by atoms with Crippen LogP contribution in [-0.2, 0) is 14.6 Å². The Kier molecular flexibility index (Phi) is 5.15. The van der Waals surface area contributed by atoms with E-state index >= 15 is 0 Å². The van der Waals surface area contributed by atoms with E-state index in [0.29, 0.717) is 10.6 Å². The van der Waals surface area contributed by atoms with Gasteiger partial charge in [-0.25, -0.2) is 13.2 Å². The number of nitriles is 1. The van der Waals surface area contributed by atoms with Gasteiger partial charge in [0.1, 0.15) is 10.9 Å². The van der Waals surface area contributed by atoms with Crippen LogP contribution < -0.4 is 5.32 Å². The molecular formula is C13H16N2O4S2. The highest BCUT2D eigenvalue weighted by molar-refractivity contribution is 7.96. The summed E-state index contributed by atoms with van der Waals surface area (Å²) in [7, 11) is -2.50. The second-order valence-electron chi connectivity index (χ2n) is 5.04. The minimum absolute atomic E-state index is 0.305. The summed E-state index contributed by atoms with van der Waals surface area (Å²) in [5.41, 5.74) is 0.392. The fourth-order valence-corrected chi connectivity index (χ4v) is 3.08. The molecule has 0 spiro atoms. The van der Waals surface area contributed by atoms with Crippen molar-refractivity contribution in [3.8, 4) is 6.07 Å². The molecule has 114 valence electrons. The highest BCUT2D eigenvalue weighted by Crippen LogP contribution is 2.26. The topological polar surface area (TPSA) is 96.3 Å². The van der Waals surface area contributed by atoms with E-state index in [9.17, 15) is 13.2 Å². The summed E-state index contributed by atoms with van der Waals surface area (Å²) in [6.45, 7) is 4.54. The molecule has 1 aromatic heterocycles. The van der Waals surface area contributed by atoms with Gasteiger partial charge in [-0.2, -0.15) is 5.26 Å². The lowest BCUT2D eigenvalue weighted by molar-refractivity contribution is 0.0607. The number of sulfone groups is 1. The summed E-state index contributed by atoms with van der Waals surface area (Å²) < 4.78 is 27.9. The number of thiophene rings is 1. The molecule has 0 fully saturated rings. The van der Waals surface area contributed by atoms with Crippen LogP contribution in [0.2, 0.25) is 0 Å². The molecular weight excluding hydrogens is 312 g/mol. The molecule has 0 aliphatic carbocycles. The van der Waals surface area contributed by atoms with Crippen molar-refractivity contribution in [2.24, 2.45) is 0 Å². The first-order valence-electron chi connectivity index (χ1n) is 5.92. The average Bonchev–Trinajstić information content (AvgIpc) is 2.85. The molecule has 0 aromatic carbocycles. The Morgan fingerprint density at radius 2 is 2.10 bits per heavy atom. The first-order valence-corrected chi connectivity index (χ1v) is 8.28. The summed E-state index contributed by atoms with van der Waals surface area (Å²) in [6, 6.07) is 3.28. The largest absolute Gasteiger partial charge is 0.465 e. The molecule has 0 aliphatic rings. The third kappa shape index (κ3) is 3.62. The third-order valence-corrected chi connectivity index (χ3v) is 5.90. The molecule has 1 N–H and O–H groups in total. The van der Waals surface area contributed by atoms with Gasteiger partial charge >= 0.3 is 5.97 Å². The molecule has 8 heteroatoms. The molecule has 0 amide bonds. The molecule has 0 saturated carbocycles. The number of ether oxygens (including phenoxy) is 1. The van der Waals surface area contributed by atoms with E-state index in [1.54, 1.807) is 17.5 Å². The van der Waals surface area contributed by atoms with Crippen molar-refractivity contribution >= 4 is 32.8 Å². The molecule has 0 saturated heterocycles. The number of carbonyl (C=O) groups is 1. The van der Waals surface area contributed by atoms with Crippen molar-refractivity contribution in [2.75, 3.05) is 12.4 Å². The number of allylic oxidation sites excluding steroid dienone is 1. The number of methoxy groups -OCH3 is 1. The maximum absolute atomic E-state index is 12.2. The maximum atomic E-state index is 12.2. The lowest BCUT2D eigenvalue weighted by Crippen LogP contribution is -2.29. The van der Waals surface area contributed by atoms with Crippen LogP contribution in [0.1, 0.15) is 30.4 Å². The third-order valence-electron chi connectivity index (χ3n) is 2.60. The van der Waals surface area contributed by atoms with E-state index in [-0.39, 0.29) is 0 Å². The minimum atomic E-state index is -3.76. The summed E-state index contributed by atoms with van der Waals surface area (Å²) in [5.74, 6) is -0.530. The standard InChI is InChI=1S/C13H16N2O4S2/c1-13(2,3)21(17,18)9(7-14)8-15-10-5-6-20-11(10)12(16)19-4/h5-6,8,15H,1-4H3. The molecule has 0 atom stereocenters. The van der Waals surface area contributed by atoms with Gasteiger partial charge in [-0.05, 0) is 32.2 Å². The highest BCUT2D eigenvalue weighted by Gasteiger charge is 2.33. The van der Waals surface area contributed by atoms with Crippen LogP contribution in [0.5, 0.6) is 0 Å². The molecule has 0 bridgehead atoms. The first kappa shape index (κ1) is 17.2. The second-order valence-corrected chi connectivity index (χ2v) is 8.62. The van der Waals surface area contributed by atoms with Crippen LogP contribution in [0.25, 0.3) is 0 Å². The van der Waals surface area contributed by atoms with Gasteiger partial charge in [0, 0.05) is 6.20 Å². The van der Waals surface area contributed by atoms with Gasteiger partial charge in [-0.15, -0.1) is 11.3 Å². The first-order chi connectivity index (χ1) is 9.65. The van der Waals surface area contributed by atoms with Gasteiger partial charge < -0.3 is 10.1 Å². The Hall–Kier alpha value is -1.85. The Morgan fingerprint density at radius 3 is 2.57 bits per heavy atom. The lowest BCUT2D eigenvalue weighted by Gasteiger charge is -2.18. The molecule has 0 radical (unpaired) electrons. The predicted molar refractivity (Wildman–Crippen MR) is 81.7 cm³/mol. The molecule has 21 heavy (non-hydrogen) atoms. The van der Waals surface area contributed by atoms with Crippen LogP contribution in [-0.4, -0.2) is 26.2 Å². The van der Waals surface area contributed by atoms with Crippen molar-refractivity contribution in [3.05, 3.63) is 27.4 Å². The molecule has 0 unspecified atom stereocenters. The van der Waals surface area contributed by atoms with Gasteiger partial charge in [0.2, 0.25) is 0 Å². The number of esters is 1. The zero-order chi connectivity index (χ0) is 16.3. The van der Waals surface area contributed by atoms with E-state index in [1.807, 2.05) is 0 Å². The van der Waals surface area contributed by atoms with E-state index in [0.717, 1.165) is 17.5 Å². The smallest absolute Gasteiger partial charge is 0.350 e. The van der Waals surface area contributed by atoms with Crippen molar-refractivity contribution in [2.45, 2.75) is 25.5 Å². The molecule has 6 nitrogen and oxygen atoms in total. The second kappa shape index (κ2) is 6.28. The number of anilines is 1. The normalized spacial score (nSPS) is 12.6. The zero-order valence-electron chi connectivity index (χ0n) is 12.1. The minimum Gasteiger partial charge on any atom is -0.465 e. The van der Waals surface area contributed by atoms with Crippen LogP contribution in [0, 0.1) is 11.3 Å². The molecule has 0 aliphatic heterocycles. The van der Waals surface area contributed by atoms with Gasteiger partial charge in [0.15, 0.2) is 14.7 Å².